The Bertz CT molecular complexity index is 1160. The van der Waals surface area contributed by atoms with E-state index in [-0.39, 0.29) is 5.91 Å². The molecular weight excluding hydrogens is 402 g/mol. The number of aromatic nitrogens is 1. The van der Waals surface area contributed by atoms with Gasteiger partial charge in [-0.2, -0.15) is 5.26 Å². The molecule has 0 fully saturated rings. The summed E-state index contributed by atoms with van der Waals surface area (Å²) in [6, 6.07) is 13.7. The lowest BCUT2D eigenvalue weighted by atomic mass is 10.1. The first kappa shape index (κ1) is 19.9. The number of nitrogens with one attached hydrogen (secondary N) is 1. The molecule has 2 aromatic carbocycles. The predicted octanol–water partition coefficient (Wildman–Crippen LogP) is 4.31. The van der Waals surface area contributed by atoms with Gasteiger partial charge in [0, 0.05) is 41.8 Å². The van der Waals surface area contributed by atoms with Crippen LogP contribution in [0.2, 0.25) is 5.02 Å². The fourth-order valence-corrected chi connectivity index (χ4v) is 3.73. The van der Waals surface area contributed by atoms with Crippen LogP contribution in [0.3, 0.4) is 0 Å². The van der Waals surface area contributed by atoms with Crippen molar-refractivity contribution in [1.29, 1.82) is 5.26 Å². The zero-order valence-corrected chi connectivity index (χ0v) is 17.0. The predicted molar refractivity (Wildman–Crippen MR) is 115 cm³/mol. The number of rotatable bonds is 6. The number of carbonyl (C=O) groups is 1. The fourth-order valence-electron chi connectivity index (χ4n) is 3.44. The van der Waals surface area contributed by atoms with E-state index in [0.29, 0.717) is 49.2 Å². The highest BCUT2D eigenvalue weighted by molar-refractivity contribution is 6.32. The van der Waals surface area contributed by atoms with Crippen molar-refractivity contribution in [2.45, 2.75) is 19.5 Å². The van der Waals surface area contributed by atoms with E-state index in [9.17, 15) is 4.79 Å². The number of ether oxygens (including phenoxy) is 2. The van der Waals surface area contributed by atoms with Gasteiger partial charge in [0.2, 0.25) is 5.91 Å². The number of aryl methyl sites for hydroxylation is 1. The largest absolute Gasteiger partial charge is 0.486 e. The molecule has 2 heterocycles. The van der Waals surface area contributed by atoms with Crippen molar-refractivity contribution < 1.29 is 14.3 Å². The minimum absolute atomic E-state index is 0.213. The van der Waals surface area contributed by atoms with Crippen LogP contribution in [-0.2, 0) is 17.9 Å². The van der Waals surface area contributed by atoms with Crippen molar-refractivity contribution in [2.24, 2.45) is 0 Å². The summed E-state index contributed by atoms with van der Waals surface area (Å²) in [7, 11) is 0. The van der Waals surface area contributed by atoms with Crippen molar-refractivity contribution in [3.63, 3.8) is 0 Å². The van der Waals surface area contributed by atoms with Gasteiger partial charge in [0.25, 0.3) is 0 Å². The van der Waals surface area contributed by atoms with Gasteiger partial charge >= 0.3 is 0 Å². The summed E-state index contributed by atoms with van der Waals surface area (Å²) in [5.41, 5.74) is 2.80. The minimum Gasteiger partial charge on any atom is -0.486 e. The van der Waals surface area contributed by atoms with E-state index in [0.717, 1.165) is 22.0 Å². The summed E-state index contributed by atoms with van der Waals surface area (Å²) in [5.74, 6) is 0.930. The molecule has 0 aliphatic carbocycles. The second-order valence-corrected chi connectivity index (χ2v) is 7.26. The van der Waals surface area contributed by atoms with Crippen LogP contribution in [0, 0.1) is 11.3 Å². The Kier molecular flexibility index (Phi) is 5.92. The molecule has 7 heteroatoms. The standard InChI is InChI=1S/C23H20ClN3O3/c24-19-12-16(13-21-23(19)30-11-10-29-21)14-26-22(28)7-6-17-15-27(9-3-8-25)20-5-2-1-4-18(17)20/h1-2,4-7,12-13,15H,3,9-11,14H2,(H,26,28)/b7-6+. The average molecular weight is 422 g/mol. The van der Waals surface area contributed by atoms with Gasteiger partial charge in [0.15, 0.2) is 11.5 Å². The molecule has 3 aromatic rings. The van der Waals surface area contributed by atoms with Crippen molar-refractivity contribution in [1.82, 2.24) is 9.88 Å². The van der Waals surface area contributed by atoms with Gasteiger partial charge in [-0.05, 0) is 29.8 Å². The summed E-state index contributed by atoms with van der Waals surface area (Å²) in [6.45, 7) is 1.88. The summed E-state index contributed by atoms with van der Waals surface area (Å²) < 4.78 is 13.1. The third kappa shape index (κ3) is 4.27. The van der Waals surface area contributed by atoms with Crippen LogP contribution in [0.15, 0.2) is 48.7 Å². The average Bonchev–Trinajstić information content (AvgIpc) is 3.12. The summed E-state index contributed by atoms with van der Waals surface area (Å²) in [6.07, 6.45) is 5.69. The van der Waals surface area contributed by atoms with Crippen LogP contribution in [-0.4, -0.2) is 23.7 Å². The number of nitrogens with zero attached hydrogens (tertiary/aromatic N) is 2. The molecule has 0 saturated heterocycles. The van der Waals surface area contributed by atoms with Gasteiger partial charge in [-0.3, -0.25) is 4.79 Å². The Morgan fingerprint density at radius 3 is 2.97 bits per heavy atom. The molecule has 0 atom stereocenters. The third-order valence-corrected chi connectivity index (χ3v) is 5.10. The van der Waals surface area contributed by atoms with Crippen LogP contribution in [0.4, 0.5) is 0 Å². The Balaban J connectivity index is 1.45. The smallest absolute Gasteiger partial charge is 0.244 e. The quantitative estimate of drug-likeness (QED) is 0.602. The number of halogens is 1. The first-order valence-corrected chi connectivity index (χ1v) is 10.0. The summed E-state index contributed by atoms with van der Waals surface area (Å²) in [4.78, 5) is 12.3. The summed E-state index contributed by atoms with van der Waals surface area (Å²) in [5, 5.41) is 13.2. The molecule has 30 heavy (non-hydrogen) atoms. The van der Waals surface area contributed by atoms with Gasteiger partial charge in [-0.25, -0.2) is 0 Å². The SMILES string of the molecule is N#CCCn1cc(/C=C/C(=O)NCc2cc(Cl)c3c(c2)OCCO3)c2ccccc21. The van der Waals surface area contributed by atoms with E-state index in [1.807, 2.05) is 41.1 Å². The van der Waals surface area contributed by atoms with Crippen LogP contribution >= 0.6 is 11.6 Å². The Hall–Kier alpha value is -3.43. The highest BCUT2D eigenvalue weighted by Gasteiger charge is 2.16. The molecule has 0 unspecified atom stereocenters. The number of nitriles is 1. The molecule has 4 rings (SSSR count). The van der Waals surface area contributed by atoms with E-state index in [1.165, 1.54) is 6.08 Å². The van der Waals surface area contributed by atoms with Gasteiger partial charge in [0.05, 0.1) is 17.5 Å². The molecule has 0 radical (unpaired) electrons. The second kappa shape index (κ2) is 8.93. The first-order chi connectivity index (χ1) is 14.7. The number of carbonyl (C=O) groups excluding carboxylic acids is 1. The molecule has 1 amide bonds. The number of amides is 1. The number of benzene rings is 2. The molecule has 0 saturated carbocycles. The van der Waals surface area contributed by atoms with Crippen molar-refractivity contribution in [3.8, 4) is 17.6 Å². The van der Waals surface area contributed by atoms with E-state index in [4.69, 9.17) is 26.3 Å². The lowest BCUT2D eigenvalue weighted by Gasteiger charge is -2.20. The van der Waals surface area contributed by atoms with Crippen molar-refractivity contribution in [3.05, 3.63) is 64.8 Å². The van der Waals surface area contributed by atoms with E-state index in [1.54, 1.807) is 12.1 Å². The number of para-hydroxylation sites is 1. The highest BCUT2D eigenvalue weighted by Crippen LogP contribution is 2.38. The molecule has 1 N–H and O–H groups in total. The lowest BCUT2D eigenvalue weighted by Crippen LogP contribution is -2.21. The van der Waals surface area contributed by atoms with Gasteiger partial charge < -0.3 is 19.4 Å². The summed E-state index contributed by atoms with van der Waals surface area (Å²) >= 11 is 6.24. The molecular formula is C23H20ClN3O3. The lowest BCUT2D eigenvalue weighted by molar-refractivity contribution is -0.116. The second-order valence-electron chi connectivity index (χ2n) is 6.86. The molecule has 1 aromatic heterocycles. The van der Waals surface area contributed by atoms with Crippen LogP contribution in [0.1, 0.15) is 17.5 Å². The molecule has 1 aliphatic rings. The molecule has 6 nitrogen and oxygen atoms in total. The minimum atomic E-state index is -0.213. The van der Waals surface area contributed by atoms with Gasteiger partial charge in [0.1, 0.15) is 13.2 Å². The zero-order chi connectivity index (χ0) is 20.9. The molecule has 0 bridgehead atoms. The first-order valence-electron chi connectivity index (χ1n) is 9.64. The molecule has 152 valence electrons. The monoisotopic (exact) mass is 421 g/mol. The van der Waals surface area contributed by atoms with Crippen molar-refractivity contribution >= 4 is 34.5 Å². The van der Waals surface area contributed by atoms with E-state index < -0.39 is 0 Å². The van der Waals surface area contributed by atoms with Crippen LogP contribution in [0.25, 0.3) is 17.0 Å². The van der Waals surface area contributed by atoms with E-state index >= 15 is 0 Å². The highest BCUT2D eigenvalue weighted by atomic mass is 35.5. The van der Waals surface area contributed by atoms with E-state index in [2.05, 4.69) is 11.4 Å². The fraction of sp³-hybridized carbons (Fsp3) is 0.217. The zero-order valence-electron chi connectivity index (χ0n) is 16.2. The third-order valence-electron chi connectivity index (χ3n) is 4.82. The van der Waals surface area contributed by atoms with Crippen LogP contribution in [0.5, 0.6) is 11.5 Å². The van der Waals surface area contributed by atoms with Crippen molar-refractivity contribution in [2.75, 3.05) is 13.2 Å². The normalized spacial score (nSPS) is 12.8. The number of hydrogen-bond acceptors (Lipinski definition) is 4. The molecule has 0 spiro atoms. The number of hydrogen-bond donors (Lipinski definition) is 1. The number of fused-ring (bicyclic) bond motifs is 2. The van der Waals surface area contributed by atoms with Crippen LogP contribution < -0.4 is 14.8 Å². The maximum atomic E-state index is 12.3. The maximum absolute atomic E-state index is 12.3. The maximum Gasteiger partial charge on any atom is 0.244 e. The Labute approximate surface area is 179 Å². The topological polar surface area (TPSA) is 76.3 Å². The molecule has 1 aliphatic heterocycles. The van der Waals surface area contributed by atoms with Gasteiger partial charge in [-0.15, -0.1) is 0 Å². The van der Waals surface area contributed by atoms with Gasteiger partial charge in [-0.1, -0.05) is 29.8 Å². The Morgan fingerprint density at radius 2 is 2.10 bits per heavy atom. The Morgan fingerprint density at radius 1 is 1.27 bits per heavy atom.